The van der Waals surface area contributed by atoms with Crippen LogP contribution in [0, 0.1) is 0 Å². The Bertz CT molecular complexity index is 938. The van der Waals surface area contributed by atoms with Gasteiger partial charge in [-0.2, -0.15) is 0 Å². The van der Waals surface area contributed by atoms with E-state index in [9.17, 15) is 14.4 Å². The highest BCUT2D eigenvalue weighted by atomic mass is 16.5. The van der Waals surface area contributed by atoms with Crippen molar-refractivity contribution in [3.8, 4) is 0 Å². The molecule has 0 aliphatic carbocycles. The Hall–Kier alpha value is -3.39. The summed E-state index contributed by atoms with van der Waals surface area (Å²) in [5, 5.41) is 8.63. The molecule has 1 saturated heterocycles. The van der Waals surface area contributed by atoms with Gasteiger partial charge in [-0.15, -0.1) is 0 Å². The first-order valence-electron chi connectivity index (χ1n) is 11.4. The maximum absolute atomic E-state index is 12.8. The maximum Gasteiger partial charge on any atom is 0.253 e. The third-order valence-electron chi connectivity index (χ3n) is 5.48. The molecule has 1 heterocycles. The molecule has 3 amide bonds. The van der Waals surface area contributed by atoms with Crippen LogP contribution in [0.2, 0.25) is 0 Å². The highest BCUT2D eigenvalue weighted by Gasteiger charge is 2.17. The number of rotatable bonds is 9. The summed E-state index contributed by atoms with van der Waals surface area (Å²) < 4.78 is 4.91. The van der Waals surface area contributed by atoms with Gasteiger partial charge in [-0.1, -0.05) is 18.9 Å². The average molecular weight is 453 g/mol. The summed E-state index contributed by atoms with van der Waals surface area (Å²) >= 11 is 0. The number of benzene rings is 2. The Kier molecular flexibility index (Phi) is 9.26. The van der Waals surface area contributed by atoms with E-state index in [-0.39, 0.29) is 24.3 Å². The van der Waals surface area contributed by atoms with Gasteiger partial charge in [0.15, 0.2) is 0 Å². The zero-order valence-electron chi connectivity index (χ0n) is 19.1. The van der Waals surface area contributed by atoms with Crippen molar-refractivity contribution < 1.29 is 19.1 Å². The molecule has 33 heavy (non-hydrogen) atoms. The fourth-order valence-corrected chi connectivity index (χ4v) is 3.68. The summed E-state index contributed by atoms with van der Waals surface area (Å²) in [4.78, 5) is 39.1. The first kappa shape index (κ1) is 24.3. The SMILES string of the molecule is COCCNC(=O)c1ccc(NCC(=O)Nc2cccc(C(=O)N3CCCCCC3)c2)cc1. The smallest absolute Gasteiger partial charge is 0.253 e. The Morgan fingerprint density at radius 1 is 0.909 bits per heavy atom. The molecular formula is C25H32N4O4. The topological polar surface area (TPSA) is 99.8 Å². The average Bonchev–Trinajstić information content (AvgIpc) is 3.12. The summed E-state index contributed by atoms with van der Waals surface area (Å²) in [5.74, 6) is -0.390. The standard InChI is InChI=1S/C25H32N4O4/c1-33-16-13-26-24(31)19-9-11-21(12-10-19)27-18-23(30)28-22-8-6-7-20(17-22)25(32)29-14-4-2-3-5-15-29/h6-12,17,27H,2-5,13-16,18H2,1H3,(H,26,31)(H,28,30). The predicted octanol–water partition coefficient (Wildman–Crippen LogP) is 3.13. The van der Waals surface area contributed by atoms with Crippen LogP contribution in [0.25, 0.3) is 0 Å². The van der Waals surface area contributed by atoms with Crippen molar-refractivity contribution in [2.75, 3.05) is 50.5 Å². The minimum absolute atomic E-state index is 0.0115. The molecule has 1 aliphatic heterocycles. The lowest BCUT2D eigenvalue weighted by Crippen LogP contribution is -2.31. The zero-order chi connectivity index (χ0) is 23.5. The van der Waals surface area contributed by atoms with Gasteiger partial charge in [-0.3, -0.25) is 14.4 Å². The van der Waals surface area contributed by atoms with Gasteiger partial charge in [0.05, 0.1) is 13.2 Å². The molecule has 8 heteroatoms. The van der Waals surface area contributed by atoms with Crippen LogP contribution in [-0.4, -0.2) is 62.5 Å². The number of methoxy groups -OCH3 is 1. The molecule has 8 nitrogen and oxygen atoms in total. The van der Waals surface area contributed by atoms with Crippen LogP contribution in [0.1, 0.15) is 46.4 Å². The number of amides is 3. The highest BCUT2D eigenvalue weighted by Crippen LogP contribution is 2.17. The van der Waals surface area contributed by atoms with E-state index in [4.69, 9.17) is 4.74 Å². The molecule has 3 N–H and O–H groups in total. The van der Waals surface area contributed by atoms with Crippen LogP contribution in [-0.2, 0) is 9.53 Å². The van der Waals surface area contributed by atoms with E-state index in [1.54, 1.807) is 55.6 Å². The van der Waals surface area contributed by atoms with Crippen molar-refractivity contribution in [2.45, 2.75) is 25.7 Å². The number of carbonyl (C=O) groups excluding carboxylic acids is 3. The molecule has 0 unspecified atom stereocenters. The molecule has 0 radical (unpaired) electrons. The fraction of sp³-hybridized carbons (Fsp3) is 0.400. The van der Waals surface area contributed by atoms with Gasteiger partial charge >= 0.3 is 0 Å². The molecular weight excluding hydrogens is 420 g/mol. The van der Waals surface area contributed by atoms with E-state index in [2.05, 4.69) is 16.0 Å². The molecule has 0 atom stereocenters. The Labute approximate surface area is 194 Å². The van der Waals surface area contributed by atoms with Crippen molar-refractivity contribution >= 4 is 29.1 Å². The van der Waals surface area contributed by atoms with Crippen LogP contribution in [0.5, 0.6) is 0 Å². The predicted molar refractivity (Wildman–Crippen MR) is 129 cm³/mol. The monoisotopic (exact) mass is 452 g/mol. The van der Waals surface area contributed by atoms with Gasteiger partial charge in [0.1, 0.15) is 0 Å². The molecule has 2 aromatic rings. The van der Waals surface area contributed by atoms with Crippen LogP contribution in [0.4, 0.5) is 11.4 Å². The van der Waals surface area contributed by atoms with Crippen molar-refractivity contribution in [1.29, 1.82) is 0 Å². The molecule has 2 aromatic carbocycles. The van der Waals surface area contributed by atoms with E-state index in [1.807, 2.05) is 4.90 Å². The van der Waals surface area contributed by atoms with Crippen LogP contribution in [0.3, 0.4) is 0 Å². The first-order valence-corrected chi connectivity index (χ1v) is 11.4. The number of likely N-dealkylation sites (tertiary alicyclic amines) is 1. The lowest BCUT2D eigenvalue weighted by molar-refractivity contribution is -0.114. The van der Waals surface area contributed by atoms with E-state index in [0.717, 1.165) is 44.5 Å². The lowest BCUT2D eigenvalue weighted by Gasteiger charge is -2.20. The van der Waals surface area contributed by atoms with Crippen molar-refractivity contribution in [3.05, 3.63) is 59.7 Å². The minimum atomic E-state index is -0.226. The normalized spacial score (nSPS) is 13.7. The molecule has 3 rings (SSSR count). The summed E-state index contributed by atoms with van der Waals surface area (Å²) in [5.41, 5.74) is 2.43. The Morgan fingerprint density at radius 2 is 1.64 bits per heavy atom. The third-order valence-corrected chi connectivity index (χ3v) is 5.48. The van der Waals surface area contributed by atoms with Crippen molar-refractivity contribution in [1.82, 2.24) is 10.2 Å². The Balaban J connectivity index is 1.49. The second kappa shape index (κ2) is 12.6. The summed E-state index contributed by atoms with van der Waals surface area (Å²) in [7, 11) is 1.58. The van der Waals surface area contributed by atoms with Gasteiger partial charge in [0.25, 0.3) is 11.8 Å². The molecule has 0 spiro atoms. The largest absolute Gasteiger partial charge is 0.383 e. The lowest BCUT2D eigenvalue weighted by atomic mass is 10.1. The van der Waals surface area contributed by atoms with Gasteiger partial charge in [0.2, 0.25) is 5.91 Å². The molecule has 0 bridgehead atoms. The number of hydrogen-bond acceptors (Lipinski definition) is 5. The number of nitrogens with one attached hydrogen (secondary N) is 3. The van der Waals surface area contributed by atoms with Crippen LogP contribution >= 0.6 is 0 Å². The molecule has 0 aromatic heterocycles. The number of nitrogens with zero attached hydrogens (tertiary/aromatic N) is 1. The van der Waals surface area contributed by atoms with Gasteiger partial charge in [0, 0.05) is 49.2 Å². The Morgan fingerprint density at radius 3 is 2.33 bits per heavy atom. The quantitative estimate of drug-likeness (QED) is 0.508. The van der Waals surface area contributed by atoms with Crippen LogP contribution in [0.15, 0.2) is 48.5 Å². The molecule has 176 valence electrons. The van der Waals surface area contributed by atoms with Gasteiger partial charge in [-0.25, -0.2) is 0 Å². The van der Waals surface area contributed by atoms with E-state index >= 15 is 0 Å². The summed E-state index contributed by atoms with van der Waals surface area (Å²) in [6.45, 7) is 2.53. The maximum atomic E-state index is 12.8. The third kappa shape index (κ3) is 7.61. The molecule has 0 saturated carbocycles. The second-order valence-corrected chi connectivity index (χ2v) is 8.01. The van der Waals surface area contributed by atoms with E-state index < -0.39 is 0 Å². The number of carbonyl (C=O) groups is 3. The highest BCUT2D eigenvalue weighted by molar-refractivity contribution is 5.98. The van der Waals surface area contributed by atoms with Crippen molar-refractivity contribution in [2.24, 2.45) is 0 Å². The molecule has 1 fully saturated rings. The number of anilines is 2. The van der Waals surface area contributed by atoms with Gasteiger partial charge < -0.3 is 25.6 Å². The minimum Gasteiger partial charge on any atom is -0.383 e. The first-order chi connectivity index (χ1) is 16.1. The zero-order valence-corrected chi connectivity index (χ0v) is 19.1. The van der Waals surface area contributed by atoms with E-state index in [0.29, 0.717) is 30.0 Å². The summed E-state index contributed by atoms with van der Waals surface area (Å²) in [6, 6.07) is 14.0. The molecule has 1 aliphatic rings. The van der Waals surface area contributed by atoms with E-state index in [1.165, 1.54) is 0 Å². The van der Waals surface area contributed by atoms with Crippen LogP contribution < -0.4 is 16.0 Å². The van der Waals surface area contributed by atoms with Crippen molar-refractivity contribution in [3.63, 3.8) is 0 Å². The fourth-order valence-electron chi connectivity index (χ4n) is 3.68. The summed E-state index contributed by atoms with van der Waals surface area (Å²) in [6.07, 6.45) is 4.40. The number of ether oxygens (including phenoxy) is 1. The second-order valence-electron chi connectivity index (χ2n) is 8.01. The van der Waals surface area contributed by atoms with Gasteiger partial charge in [-0.05, 0) is 55.3 Å². The number of hydrogen-bond donors (Lipinski definition) is 3.